The summed E-state index contributed by atoms with van der Waals surface area (Å²) < 4.78 is 0. The second-order valence-electron chi connectivity index (χ2n) is 8.58. The fourth-order valence-electron chi connectivity index (χ4n) is 3.80. The first kappa shape index (κ1) is 24.2. The highest BCUT2D eigenvalue weighted by Gasteiger charge is 2.39. The minimum absolute atomic E-state index is 0.0220. The van der Waals surface area contributed by atoms with E-state index >= 15 is 0 Å². The van der Waals surface area contributed by atoms with Crippen LogP contribution in [0.3, 0.4) is 0 Å². The van der Waals surface area contributed by atoms with Gasteiger partial charge in [0.25, 0.3) is 17.7 Å². The fraction of sp³-hybridized carbons (Fsp3) is 0.179. The van der Waals surface area contributed by atoms with E-state index in [4.69, 9.17) is 11.6 Å². The predicted octanol–water partition coefficient (Wildman–Crippen LogP) is 5.22. The Morgan fingerprint density at radius 1 is 0.914 bits per heavy atom. The summed E-state index contributed by atoms with van der Waals surface area (Å²) in [5, 5.41) is 5.64. The first-order valence-electron chi connectivity index (χ1n) is 11.4. The summed E-state index contributed by atoms with van der Waals surface area (Å²) >= 11 is 6.25. The number of hydrogen-bond acceptors (Lipinski definition) is 4. The van der Waals surface area contributed by atoms with Gasteiger partial charge >= 0.3 is 0 Å². The third kappa shape index (κ3) is 5.44. The van der Waals surface area contributed by atoms with Gasteiger partial charge in [0.2, 0.25) is 0 Å². The van der Waals surface area contributed by atoms with Gasteiger partial charge in [-0.15, -0.1) is 0 Å². The Bertz CT molecular complexity index is 1280. The van der Waals surface area contributed by atoms with E-state index in [0.717, 1.165) is 22.4 Å². The quantitative estimate of drug-likeness (QED) is 0.427. The van der Waals surface area contributed by atoms with Gasteiger partial charge in [0.15, 0.2) is 0 Å². The van der Waals surface area contributed by atoms with Crippen molar-refractivity contribution in [1.29, 1.82) is 0 Å². The SMILES string of the molecule is CC(C)c1ccc(N2C(=O)C(Cl)=C(Nc3cccc(C(=O)NCCc4ccccc4)c3)C2=O)cc1. The van der Waals surface area contributed by atoms with E-state index < -0.39 is 11.8 Å². The van der Waals surface area contributed by atoms with Gasteiger partial charge in [-0.25, -0.2) is 4.90 Å². The van der Waals surface area contributed by atoms with Crippen LogP contribution in [0.25, 0.3) is 0 Å². The topological polar surface area (TPSA) is 78.5 Å². The predicted molar refractivity (Wildman–Crippen MR) is 138 cm³/mol. The molecule has 3 amide bonds. The zero-order valence-electron chi connectivity index (χ0n) is 19.5. The van der Waals surface area contributed by atoms with Crippen LogP contribution in [-0.4, -0.2) is 24.3 Å². The second-order valence-corrected chi connectivity index (χ2v) is 8.96. The maximum Gasteiger partial charge on any atom is 0.283 e. The molecular weight excluding hydrogens is 462 g/mol. The van der Waals surface area contributed by atoms with Gasteiger partial charge in [0.1, 0.15) is 10.7 Å². The summed E-state index contributed by atoms with van der Waals surface area (Å²) in [6.07, 6.45) is 0.720. The number of hydrogen-bond donors (Lipinski definition) is 2. The fourth-order valence-corrected chi connectivity index (χ4v) is 4.02. The molecule has 0 atom stereocenters. The average Bonchev–Trinajstić information content (AvgIpc) is 3.08. The van der Waals surface area contributed by atoms with E-state index in [-0.39, 0.29) is 16.6 Å². The molecular formula is C28H26ClN3O3. The van der Waals surface area contributed by atoms with Gasteiger partial charge in [0.05, 0.1) is 5.69 Å². The largest absolute Gasteiger partial charge is 0.352 e. The molecule has 7 heteroatoms. The Morgan fingerprint density at radius 2 is 1.63 bits per heavy atom. The normalized spacial score (nSPS) is 13.5. The van der Waals surface area contributed by atoms with E-state index in [0.29, 0.717) is 29.4 Å². The molecule has 0 fully saturated rings. The van der Waals surface area contributed by atoms with Crippen LogP contribution < -0.4 is 15.5 Å². The van der Waals surface area contributed by atoms with Crippen molar-refractivity contribution in [3.8, 4) is 0 Å². The number of nitrogens with zero attached hydrogens (tertiary/aromatic N) is 1. The molecule has 0 saturated heterocycles. The molecule has 0 aromatic heterocycles. The number of halogens is 1. The molecule has 0 radical (unpaired) electrons. The Labute approximate surface area is 209 Å². The first-order chi connectivity index (χ1) is 16.8. The van der Waals surface area contributed by atoms with Crippen LogP contribution in [0.1, 0.15) is 41.3 Å². The molecule has 3 aromatic rings. The lowest BCUT2D eigenvalue weighted by Gasteiger charge is -2.16. The molecule has 0 aliphatic carbocycles. The highest BCUT2D eigenvalue weighted by molar-refractivity contribution is 6.53. The Morgan fingerprint density at radius 3 is 2.31 bits per heavy atom. The van der Waals surface area contributed by atoms with E-state index in [9.17, 15) is 14.4 Å². The monoisotopic (exact) mass is 487 g/mol. The van der Waals surface area contributed by atoms with Crippen LogP contribution in [0.15, 0.2) is 89.6 Å². The molecule has 6 nitrogen and oxygen atoms in total. The summed E-state index contributed by atoms with van der Waals surface area (Å²) in [6.45, 7) is 4.63. The van der Waals surface area contributed by atoms with Crippen LogP contribution in [0.4, 0.5) is 11.4 Å². The number of carbonyl (C=O) groups is 3. The van der Waals surface area contributed by atoms with Crippen LogP contribution in [0.5, 0.6) is 0 Å². The van der Waals surface area contributed by atoms with Gasteiger partial charge in [-0.2, -0.15) is 0 Å². The van der Waals surface area contributed by atoms with E-state index in [1.807, 2.05) is 42.5 Å². The Kier molecular flexibility index (Phi) is 7.32. The van der Waals surface area contributed by atoms with E-state index in [2.05, 4.69) is 24.5 Å². The Balaban J connectivity index is 1.44. The van der Waals surface area contributed by atoms with Crippen molar-refractivity contribution in [2.24, 2.45) is 0 Å². The molecule has 0 saturated carbocycles. The van der Waals surface area contributed by atoms with Crippen molar-refractivity contribution in [3.63, 3.8) is 0 Å². The van der Waals surface area contributed by atoms with Gasteiger partial charge in [-0.05, 0) is 53.8 Å². The molecule has 1 aliphatic heterocycles. The van der Waals surface area contributed by atoms with Gasteiger partial charge in [-0.3, -0.25) is 14.4 Å². The zero-order chi connectivity index (χ0) is 24.9. The van der Waals surface area contributed by atoms with Crippen molar-refractivity contribution in [2.75, 3.05) is 16.8 Å². The lowest BCUT2D eigenvalue weighted by molar-refractivity contribution is -0.120. The Hall–Kier alpha value is -3.90. The second kappa shape index (κ2) is 10.6. The van der Waals surface area contributed by atoms with Gasteiger partial charge in [-0.1, -0.05) is 74.0 Å². The average molecular weight is 488 g/mol. The molecule has 178 valence electrons. The zero-order valence-corrected chi connectivity index (χ0v) is 20.3. The summed E-state index contributed by atoms with van der Waals surface area (Å²) in [7, 11) is 0. The van der Waals surface area contributed by atoms with Gasteiger partial charge in [0, 0.05) is 17.8 Å². The molecule has 0 unspecified atom stereocenters. The van der Waals surface area contributed by atoms with Crippen LogP contribution in [0, 0.1) is 0 Å². The first-order valence-corrected chi connectivity index (χ1v) is 11.8. The van der Waals surface area contributed by atoms with Gasteiger partial charge < -0.3 is 10.6 Å². The molecule has 3 aromatic carbocycles. The molecule has 1 heterocycles. The molecule has 0 spiro atoms. The van der Waals surface area contributed by atoms with Crippen molar-refractivity contribution < 1.29 is 14.4 Å². The number of amides is 3. The molecule has 0 bridgehead atoms. The van der Waals surface area contributed by atoms with Crippen LogP contribution in [-0.2, 0) is 16.0 Å². The highest BCUT2D eigenvalue weighted by Crippen LogP contribution is 2.31. The number of imide groups is 1. The van der Waals surface area contributed by atoms with E-state index in [1.165, 1.54) is 0 Å². The summed E-state index contributed by atoms with van der Waals surface area (Å²) in [5.41, 5.74) is 3.57. The third-order valence-corrected chi connectivity index (χ3v) is 6.13. The standard InChI is InChI=1S/C28H26ClN3O3/c1-18(2)20-11-13-23(14-12-20)32-27(34)24(29)25(28(32)35)31-22-10-6-9-21(17-22)26(33)30-16-15-19-7-4-3-5-8-19/h3-14,17-18,31H,15-16H2,1-2H3,(H,30,33). The van der Waals surface area contributed by atoms with Crippen LogP contribution >= 0.6 is 11.6 Å². The summed E-state index contributed by atoms with van der Waals surface area (Å²) in [5.74, 6) is -1.04. The maximum atomic E-state index is 13.1. The lowest BCUT2D eigenvalue weighted by Crippen LogP contribution is -2.32. The number of anilines is 2. The number of nitrogens with one attached hydrogen (secondary N) is 2. The number of benzene rings is 3. The third-order valence-electron chi connectivity index (χ3n) is 5.78. The minimum Gasteiger partial charge on any atom is -0.352 e. The minimum atomic E-state index is -0.591. The molecule has 4 rings (SSSR count). The van der Waals surface area contributed by atoms with Crippen molar-refractivity contribution in [3.05, 3.63) is 106 Å². The van der Waals surface area contributed by atoms with E-state index in [1.54, 1.807) is 36.4 Å². The maximum absolute atomic E-state index is 13.1. The highest BCUT2D eigenvalue weighted by atomic mass is 35.5. The smallest absolute Gasteiger partial charge is 0.283 e. The molecule has 35 heavy (non-hydrogen) atoms. The number of rotatable bonds is 8. The number of carbonyl (C=O) groups excluding carboxylic acids is 3. The summed E-state index contributed by atoms with van der Waals surface area (Å²) in [4.78, 5) is 39.5. The molecule has 2 N–H and O–H groups in total. The molecule has 1 aliphatic rings. The van der Waals surface area contributed by atoms with Crippen LogP contribution in [0.2, 0.25) is 0 Å². The van der Waals surface area contributed by atoms with Crippen molar-refractivity contribution in [2.45, 2.75) is 26.2 Å². The van der Waals surface area contributed by atoms with Crippen molar-refractivity contribution >= 4 is 40.7 Å². The summed E-state index contributed by atoms with van der Waals surface area (Å²) in [6, 6.07) is 23.8. The van der Waals surface area contributed by atoms with Crippen molar-refractivity contribution in [1.82, 2.24) is 5.32 Å². The lowest BCUT2D eigenvalue weighted by atomic mass is 10.0.